The standard InChI is InChI=1S/C17H21FN4O2.HI/c1-10-4-5-12(8-14(10)18)11(2)22-17(20-3)21-9-13-6-7-15(24-13)16(19)23;/h4-8,11H,9H2,1-3H3,(H2,19,23)(H2,20,21,22);1H. The monoisotopic (exact) mass is 460 g/mol. The lowest BCUT2D eigenvalue weighted by molar-refractivity contribution is 0.0972. The minimum atomic E-state index is -0.612. The Kier molecular flexibility index (Phi) is 7.88. The van der Waals surface area contributed by atoms with Crippen LogP contribution in [0.25, 0.3) is 0 Å². The molecule has 0 spiro atoms. The van der Waals surface area contributed by atoms with Crippen LogP contribution in [0.4, 0.5) is 4.39 Å². The van der Waals surface area contributed by atoms with Crippen LogP contribution in [-0.4, -0.2) is 18.9 Å². The fourth-order valence-corrected chi connectivity index (χ4v) is 2.14. The predicted molar refractivity (Wildman–Crippen MR) is 106 cm³/mol. The predicted octanol–water partition coefficient (Wildman–Crippen LogP) is 2.87. The number of rotatable bonds is 5. The number of carbonyl (C=O) groups is 1. The van der Waals surface area contributed by atoms with Gasteiger partial charge in [0.25, 0.3) is 5.91 Å². The van der Waals surface area contributed by atoms with E-state index in [-0.39, 0.29) is 41.6 Å². The van der Waals surface area contributed by atoms with Crippen LogP contribution in [0.2, 0.25) is 0 Å². The third-order valence-corrected chi connectivity index (χ3v) is 3.61. The number of nitrogens with zero attached hydrogens (tertiary/aromatic N) is 1. The van der Waals surface area contributed by atoms with Gasteiger partial charge in [0.05, 0.1) is 12.6 Å². The number of hydrogen-bond donors (Lipinski definition) is 3. The van der Waals surface area contributed by atoms with Crippen molar-refractivity contribution < 1.29 is 13.6 Å². The van der Waals surface area contributed by atoms with Gasteiger partial charge in [0, 0.05) is 7.05 Å². The van der Waals surface area contributed by atoms with Crippen LogP contribution in [0.15, 0.2) is 39.7 Å². The molecule has 0 aliphatic rings. The second kappa shape index (κ2) is 9.40. The van der Waals surface area contributed by atoms with E-state index in [9.17, 15) is 9.18 Å². The Morgan fingerprint density at radius 2 is 2.08 bits per heavy atom. The number of aliphatic imine (C=N–C) groups is 1. The summed E-state index contributed by atoms with van der Waals surface area (Å²) in [6.45, 7) is 3.97. The van der Waals surface area contributed by atoms with Crippen molar-refractivity contribution in [2.24, 2.45) is 10.7 Å². The summed E-state index contributed by atoms with van der Waals surface area (Å²) in [7, 11) is 1.63. The van der Waals surface area contributed by atoms with Crippen LogP contribution >= 0.6 is 24.0 Å². The molecule has 0 fully saturated rings. The van der Waals surface area contributed by atoms with Gasteiger partial charge in [-0.25, -0.2) is 4.39 Å². The van der Waals surface area contributed by atoms with Gasteiger partial charge < -0.3 is 20.8 Å². The molecule has 2 rings (SSSR count). The molecule has 1 unspecified atom stereocenters. The topological polar surface area (TPSA) is 92.6 Å². The van der Waals surface area contributed by atoms with E-state index < -0.39 is 5.91 Å². The number of halogens is 2. The summed E-state index contributed by atoms with van der Waals surface area (Å²) in [6.07, 6.45) is 0. The molecule has 2 aromatic rings. The second-order valence-electron chi connectivity index (χ2n) is 5.43. The molecular formula is C17H22FIN4O2. The molecule has 1 amide bonds. The third kappa shape index (κ3) is 5.73. The van der Waals surface area contributed by atoms with Crippen LogP contribution in [0.3, 0.4) is 0 Å². The number of nitrogens with two attached hydrogens (primary N) is 1. The maximum atomic E-state index is 13.7. The zero-order valence-electron chi connectivity index (χ0n) is 14.3. The smallest absolute Gasteiger partial charge is 0.284 e. The van der Waals surface area contributed by atoms with Crippen molar-refractivity contribution in [1.82, 2.24) is 10.6 Å². The highest BCUT2D eigenvalue weighted by Gasteiger charge is 2.11. The lowest BCUT2D eigenvalue weighted by Gasteiger charge is -2.18. The highest BCUT2D eigenvalue weighted by Crippen LogP contribution is 2.16. The average Bonchev–Trinajstić information content (AvgIpc) is 3.03. The van der Waals surface area contributed by atoms with Gasteiger partial charge in [0.2, 0.25) is 0 Å². The number of aryl methyl sites for hydroxylation is 1. The van der Waals surface area contributed by atoms with Gasteiger partial charge in [-0.3, -0.25) is 9.79 Å². The molecule has 0 bridgehead atoms. The molecule has 6 nitrogen and oxygen atoms in total. The zero-order valence-corrected chi connectivity index (χ0v) is 16.6. The van der Waals surface area contributed by atoms with E-state index in [0.29, 0.717) is 23.8 Å². The van der Waals surface area contributed by atoms with Crippen molar-refractivity contribution in [2.45, 2.75) is 26.4 Å². The third-order valence-electron chi connectivity index (χ3n) is 3.61. The van der Waals surface area contributed by atoms with E-state index in [1.165, 1.54) is 12.1 Å². The van der Waals surface area contributed by atoms with Crippen molar-refractivity contribution >= 4 is 35.8 Å². The second-order valence-corrected chi connectivity index (χ2v) is 5.43. The number of primary amides is 1. The Balaban J connectivity index is 0.00000312. The van der Waals surface area contributed by atoms with E-state index >= 15 is 0 Å². The Morgan fingerprint density at radius 1 is 1.36 bits per heavy atom. The van der Waals surface area contributed by atoms with Crippen molar-refractivity contribution in [3.8, 4) is 0 Å². The molecule has 4 N–H and O–H groups in total. The molecule has 25 heavy (non-hydrogen) atoms. The molecule has 136 valence electrons. The Morgan fingerprint density at radius 3 is 2.64 bits per heavy atom. The molecule has 1 atom stereocenters. The highest BCUT2D eigenvalue weighted by atomic mass is 127. The van der Waals surface area contributed by atoms with E-state index in [1.54, 1.807) is 26.1 Å². The number of hydrogen-bond acceptors (Lipinski definition) is 3. The van der Waals surface area contributed by atoms with Crippen LogP contribution in [0, 0.1) is 12.7 Å². The molecule has 1 aromatic carbocycles. The van der Waals surface area contributed by atoms with Crippen LogP contribution in [-0.2, 0) is 6.54 Å². The molecule has 8 heteroatoms. The number of carbonyl (C=O) groups excluding carboxylic acids is 1. The summed E-state index contributed by atoms with van der Waals surface area (Å²) in [4.78, 5) is 15.1. The minimum Gasteiger partial charge on any atom is -0.454 e. The number of guanidine groups is 1. The molecule has 1 heterocycles. The summed E-state index contributed by atoms with van der Waals surface area (Å²) in [5, 5.41) is 6.23. The highest BCUT2D eigenvalue weighted by molar-refractivity contribution is 14.0. The van der Waals surface area contributed by atoms with E-state index in [2.05, 4.69) is 15.6 Å². The zero-order chi connectivity index (χ0) is 17.7. The first kappa shape index (κ1) is 20.9. The molecular weight excluding hydrogens is 438 g/mol. The largest absolute Gasteiger partial charge is 0.454 e. The average molecular weight is 460 g/mol. The van der Waals surface area contributed by atoms with Gasteiger partial charge in [-0.15, -0.1) is 24.0 Å². The van der Waals surface area contributed by atoms with E-state index in [4.69, 9.17) is 10.2 Å². The first-order chi connectivity index (χ1) is 11.4. The minimum absolute atomic E-state index is 0. The fraction of sp³-hybridized carbons (Fsp3) is 0.294. The van der Waals surface area contributed by atoms with Gasteiger partial charge in [0.1, 0.15) is 11.6 Å². The van der Waals surface area contributed by atoms with E-state index in [1.807, 2.05) is 13.0 Å². The molecule has 0 saturated heterocycles. The normalized spacial score (nSPS) is 12.2. The Labute approximate surface area is 163 Å². The molecule has 1 aromatic heterocycles. The molecule has 0 aliphatic carbocycles. The van der Waals surface area contributed by atoms with E-state index in [0.717, 1.165) is 5.56 Å². The van der Waals surface area contributed by atoms with Gasteiger partial charge in [-0.1, -0.05) is 12.1 Å². The van der Waals surface area contributed by atoms with Gasteiger partial charge in [-0.2, -0.15) is 0 Å². The first-order valence-corrected chi connectivity index (χ1v) is 7.52. The Hall–Kier alpha value is -2.10. The Bertz CT molecular complexity index is 761. The molecule has 0 aliphatic heterocycles. The molecule has 0 saturated carbocycles. The lowest BCUT2D eigenvalue weighted by Crippen LogP contribution is -2.38. The lowest BCUT2D eigenvalue weighted by atomic mass is 10.1. The van der Waals surface area contributed by atoms with Crippen molar-refractivity contribution in [3.05, 3.63) is 58.8 Å². The first-order valence-electron chi connectivity index (χ1n) is 7.52. The maximum absolute atomic E-state index is 13.7. The van der Waals surface area contributed by atoms with Crippen molar-refractivity contribution in [1.29, 1.82) is 0 Å². The number of benzene rings is 1. The summed E-state index contributed by atoms with van der Waals surface area (Å²) in [6, 6.07) is 8.17. The van der Waals surface area contributed by atoms with Crippen molar-refractivity contribution in [2.75, 3.05) is 7.05 Å². The van der Waals surface area contributed by atoms with Crippen LogP contribution in [0.1, 0.15) is 40.4 Å². The number of furan rings is 1. The van der Waals surface area contributed by atoms with Gasteiger partial charge >= 0.3 is 0 Å². The van der Waals surface area contributed by atoms with Crippen LogP contribution in [0.5, 0.6) is 0 Å². The summed E-state index contributed by atoms with van der Waals surface area (Å²) in [5.74, 6) is 0.344. The van der Waals surface area contributed by atoms with Gasteiger partial charge in [0.15, 0.2) is 11.7 Å². The number of amides is 1. The SMILES string of the molecule is CN=C(NCc1ccc(C(N)=O)o1)NC(C)c1ccc(C)c(F)c1.I. The van der Waals surface area contributed by atoms with Crippen LogP contribution < -0.4 is 16.4 Å². The summed E-state index contributed by atoms with van der Waals surface area (Å²) in [5.41, 5.74) is 6.57. The quantitative estimate of drug-likeness (QED) is 0.364. The summed E-state index contributed by atoms with van der Waals surface area (Å²) < 4.78 is 19.0. The maximum Gasteiger partial charge on any atom is 0.284 e. The fourth-order valence-electron chi connectivity index (χ4n) is 2.14. The summed E-state index contributed by atoms with van der Waals surface area (Å²) >= 11 is 0. The van der Waals surface area contributed by atoms with Crippen molar-refractivity contribution in [3.63, 3.8) is 0 Å². The molecule has 0 radical (unpaired) electrons. The van der Waals surface area contributed by atoms with Gasteiger partial charge in [-0.05, 0) is 43.2 Å². The number of nitrogens with one attached hydrogen (secondary N) is 2.